The molecular weight excluding hydrogens is 242 g/mol. The largest absolute Gasteiger partial charge is 0.463 e. The molecule has 1 amide bonds. The number of rotatable bonds is 6. The van der Waals surface area contributed by atoms with E-state index in [-0.39, 0.29) is 5.91 Å². The smallest absolute Gasteiger partial charge is 0.255 e. The molecule has 0 aliphatic rings. The zero-order chi connectivity index (χ0) is 13.7. The number of furan rings is 1. The van der Waals surface area contributed by atoms with Gasteiger partial charge in [-0.1, -0.05) is 19.8 Å². The summed E-state index contributed by atoms with van der Waals surface area (Å²) >= 11 is 0. The van der Waals surface area contributed by atoms with Crippen molar-refractivity contribution >= 4 is 5.91 Å². The molecule has 102 valence electrons. The minimum absolute atomic E-state index is 0.103. The van der Waals surface area contributed by atoms with Crippen LogP contribution in [0.15, 0.2) is 22.8 Å². The maximum absolute atomic E-state index is 12.2. The average molecular weight is 261 g/mol. The highest BCUT2D eigenvalue weighted by Crippen LogP contribution is 2.23. The molecule has 0 bridgehead atoms. The van der Waals surface area contributed by atoms with Crippen LogP contribution in [-0.2, 0) is 0 Å². The number of hydrogen-bond acceptors (Lipinski definition) is 3. The molecule has 2 N–H and O–H groups in total. The zero-order valence-corrected chi connectivity index (χ0v) is 11.3. The van der Waals surface area contributed by atoms with E-state index in [0.29, 0.717) is 23.6 Å². The fraction of sp³-hybridized carbons (Fsp3) is 0.429. The highest BCUT2D eigenvalue weighted by molar-refractivity contribution is 6.00. The van der Waals surface area contributed by atoms with Gasteiger partial charge in [-0.3, -0.25) is 9.89 Å². The molecule has 2 aromatic heterocycles. The third-order valence-electron chi connectivity index (χ3n) is 2.99. The molecule has 0 radical (unpaired) electrons. The van der Waals surface area contributed by atoms with E-state index in [9.17, 15) is 4.79 Å². The summed E-state index contributed by atoms with van der Waals surface area (Å²) in [6, 6.07) is 3.58. The number of amides is 1. The van der Waals surface area contributed by atoms with E-state index in [2.05, 4.69) is 22.4 Å². The number of H-pyrrole nitrogens is 1. The van der Waals surface area contributed by atoms with Gasteiger partial charge >= 0.3 is 0 Å². The van der Waals surface area contributed by atoms with Crippen LogP contribution in [0.4, 0.5) is 0 Å². The van der Waals surface area contributed by atoms with Crippen LogP contribution in [0.2, 0.25) is 0 Å². The second-order valence-electron chi connectivity index (χ2n) is 4.51. The van der Waals surface area contributed by atoms with Crippen molar-refractivity contribution in [1.29, 1.82) is 0 Å². The first-order valence-corrected chi connectivity index (χ1v) is 6.61. The first-order chi connectivity index (χ1) is 9.24. The number of aromatic nitrogens is 2. The lowest BCUT2D eigenvalue weighted by molar-refractivity contribution is 0.0953. The minimum atomic E-state index is -0.103. The predicted octanol–water partition coefficient (Wildman–Crippen LogP) is 2.90. The van der Waals surface area contributed by atoms with Crippen LogP contribution in [0.25, 0.3) is 11.5 Å². The fourth-order valence-corrected chi connectivity index (χ4v) is 1.96. The first kappa shape index (κ1) is 13.4. The van der Waals surface area contributed by atoms with Gasteiger partial charge in [0, 0.05) is 12.2 Å². The van der Waals surface area contributed by atoms with E-state index in [1.807, 2.05) is 6.92 Å². The number of carbonyl (C=O) groups excluding carboxylic acids is 1. The summed E-state index contributed by atoms with van der Waals surface area (Å²) in [5.74, 6) is 0.497. The van der Waals surface area contributed by atoms with Gasteiger partial charge in [-0.25, -0.2) is 0 Å². The summed E-state index contributed by atoms with van der Waals surface area (Å²) in [7, 11) is 0. The monoisotopic (exact) mass is 261 g/mol. The van der Waals surface area contributed by atoms with Crippen LogP contribution >= 0.6 is 0 Å². The normalized spacial score (nSPS) is 10.6. The van der Waals surface area contributed by atoms with Gasteiger partial charge in [0.15, 0.2) is 5.76 Å². The van der Waals surface area contributed by atoms with Gasteiger partial charge < -0.3 is 9.73 Å². The van der Waals surface area contributed by atoms with E-state index in [4.69, 9.17) is 4.42 Å². The summed E-state index contributed by atoms with van der Waals surface area (Å²) in [6.45, 7) is 4.66. The van der Waals surface area contributed by atoms with Gasteiger partial charge in [0.2, 0.25) is 0 Å². The number of carbonyl (C=O) groups is 1. The fourth-order valence-electron chi connectivity index (χ4n) is 1.96. The molecule has 2 aromatic rings. The van der Waals surface area contributed by atoms with E-state index in [1.165, 1.54) is 0 Å². The molecule has 0 aromatic carbocycles. The predicted molar refractivity (Wildman–Crippen MR) is 72.9 cm³/mol. The van der Waals surface area contributed by atoms with Crippen molar-refractivity contribution in [3.05, 3.63) is 29.7 Å². The Kier molecular flexibility index (Phi) is 4.39. The highest BCUT2D eigenvalue weighted by atomic mass is 16.3. The molecule has 19 heavy (non-hydrogen) atoms. The van der Waals surface area contributed by atoms with Gasteiger partial charge in [-0.15, -0.1) is 0 Å². The molecule has 2 heterocycles. The van der Waals surface area contributed by atoms with E-state index < -0.39 is 0 Å². The van der Waals surface area contributed by atoms with E-state index in [0.717, 1.165) is 25.0 Å². The lowest BCUT2D eigenvalue weighted by Crippen LogP contribution is -2.25. The second kappa shape index (κ2) is 6.22. The molecule has 0 unspecified atom stereocenters. The number of nitrogens with one attached hydrogen (secondary N) is 2. The van der Waals surface area contributed by atoms with Crippen LogP contribution in [-0.4, -0.2) is 22.6 Å². The minimum Gasteiger partial charge on any atom is -0.463 e. The van der Waals surface area contributed by atoms with Crippen molar-refractivity contribution in [3.63, 3.8) is 0 Å². The standard InChI is InChI=1S/C14H19N3O2/c1-3-4-5-8-15-14(18)12-10(2)16-17-13(12)11-7-6-9-19-11/h6-7,9H,3-5,8H2,1-2H3,(H,15,18)(H,16,17). The maximum atomic E-state index is 12.2. The maximum Gasteiger partial charge on any atom is 0.255 e. The number of aryl methyl sites for hydroxylation is 1. The molecule has 5 heteroatoms. The Bertz CT molecular complexity index is 529. The van der Waals surface area contributed by atoms with Crippen molar-refractivity contribution in [2.75, 3.05) is 6.54 Å². The Balaban J connectivity index is 2.11. The Morgan fingerprint density at radius 3 is 3.00 bits per heavy atom. The lowest BCUT2D eigenvalue weighted by Gasteiger charge is -2.05. The summed E-state index contributed by atoms with van der Waals surface area (Å²) in [5, 5.41) is 9.90. The molecule has 0 aliphatic heterocycles. The van der Waals surface area contributed by atoms with Crippen molar-refractivity contribution in [2.45, 2.75) is 33.1 Å². The molecule has 5 nitrogen and oxygen atoms in total. The van der Waals surface area contributed by atoms with Gasteiger partial charge in [-0.05, 0) is 25.5 Å². The van der Waals surface area contributed by atoms with Crippen molar-refractivity contribution < 1.29 is 9.21 Å². The molecule has 0 atom stereocenters. The van der Waals surface area contributed by atoms with Crippen LogP contribution in [0, 0.1) is 6.92 Å². The molecule has 0 aliphatic carbocycles. The molecule has 0 fully saturated rings. The molecule has 0 spiro atoms. The van der Waals surface area contributed by atoms with Gasteiger partial charge in [-0.2, -0.15) is 5.10 Å². The topological polar surface area (TPSA) is 70.9 Å². The summed E-state index contributed by atoms with van der Waals surface area (Å²) in [5.41, 5.74) is 1.88. The van der Waals surface area contributed by atoms with Crippen LogP contribution in [0.1, 0.15) is 42.2 Å². The zero-order valence-electron chi connectivity index (χ0n) is 11.3. The van der Waals surface area contributed by atoms with Gasteiger partial charge in [0.05, 0.1) is 11.8 Å². The van der Waals surface area contributed by atoms with E-state index in [1.54, 1.807) is 18.4 Å². The van der Waals surface area contributed by atoms with Crippen LogP contribution < -0.4 is 5.32 Å². The number of unbranched alkanes of at least 4 members (excludes halogenated alkanes) is 2. The van der Waals surface area contributed by atoms with Gasteiger partial charge in [0.1, 0.15) is 5.69 Å². The van der Waals surface area contributed by atoms with Gasteiger partial charge in [0.25, 0.3) is 5.91 Å². The lowest BCUT2D eigenvalue weighted by atomic mass is 10.1. The quantitative estimate of drug-likeness (QED) is 0.785. The van der Waals surface area contributed by atoms with Crippen LogP contribution in [0.5, 0.6) is 0 Å². The van der Waals surface area contributed by atoms with E-state index >= 15 is 0 Å². The van der Waals surface area contributed by atoms with Crippen LogP contribution in [0.3, 0.4) is 0 Å². The third-order valence-corrected chi connectivity index (χ3v) is 2.99. The Hall–Kier alpha value is -2.04. The number of aromatic amines is 1. The number of hydrogen-bond donors (Lipinski definition) is 2. The highest BCUT2D eigenvalue weighted by Gasteiger charge is 2.20. The Morgan fingerprint density at radius 2 is 2.32 bits per heavy atom. The summed E-state index contributed by atoms with van der Waals surface area (Å²) in [6.07, 6.45) is 4.82. The molecule has 0 saturated carbocycles. The average Bonchev–Trinajstić information content (AvgIpc) is 3.03. The summed E-state index contributed by atoms with van der Waals surface area (Å²) < 4.78 is 5.30. The molecular formula is C14H19N3O2. The molecule has 2 rings (SSSR count). The SMILES string of the molecule is CCCCCNC(=O)c1c(-c2ccco2)n[nH]c1C. The molecule has 0 saturated heterocycles. The first-order valence-electron chi connectivity index (χ1n) is 6.61. The summed E-state index contributed by atoms with van der Waals surface area (Å²) in [4.78, 5) is 12.2. The Labute approximate surface area is 112 Å². The van der Waals surface area contributed by atoms with Crippen molar-refractivity contribution in [3.8, 4) is 11.5 Å². The Morgan fingerprint density at radius 1 is 1.47 bits per heavy atom. The second-order valence-corrected chi connectivity index (χ2v) is 4.51. The van der Waals surface area contributed by atoms with Crippen molar-refractivity contribution in [1.82, 2.24) is 15.5 Å². The van der Waals surface area contributed by atoms with Crippen molar-refractivity contribution in [2.24, 2.45) is 0 Å². The number of nitrogens with zero attached hydrogens (tertiary/aromatic N) is 1. The third kappa shape index (κ3) is 3.05.